The van der Waals surface area contributed by atoms with E-state index >= 15 is 0 Å². The Kier molecular flexibility index (Phi) is 5.90. The Balaban J connectivity index is 2.67. The minimum atomic E-state index is -3.73. The first-order chi connectivity index (χ1) is 9.29. The molecule has 0 spiro atoms. The average Bonchev–Trinajstić information content (AvgIpc) is 2.85. The molecular weight excluding hydrogens is 290 g/mol. The van der Waals surface area contributed by atoms with Gasteiger partial charge in [-0.25, -0.2) is 8.42 Å². The van der Waals surface area contributed by atoms with Crippen molar-refractivity contribution < 1.29 is 32.6 Å². The Bertz CT molecular complexity index is 461. The van der Waals surface area contributed by atoms with Crippen LogP contribution in [0.15, 0.2) is 0 Å². The highest BCUT2D eigenvalue weighted by atomic mass is 32.2. The molecular formula is C11H19NO7S. The molecule has 1 heterocycles. The monoisotopic (exact) mass is 309 g/mol. The van der Waals surface area contributed by atoms with E-state index in [0.717, 1.165) is 4.31 Å². The summed E-state index contributed by atoms with van der Waals surface area (Å²) in [5, 5.41) is 9.01. The minimum Gasteiger partial charge on any atom is -0.481 e. The number of carboxylic acids is 1. The van der Waals surface area contributed by atoms with E-state index < -0.39 is 39.7 Å². The van der Waals surface area contributed by atoms with Crippen LogP contribution in [0.25, 0.3) is 0 Å². The first-order valence-electron chi connectivity index (χ1n) is 6.21. The van der Waals surface area contributed by atoms with Gasteiger partial charge in [-0.15, -0.1) is 0 Å². The van der Waals surface area contributed by atoms with E-state index in [2.05, 4.69) is 4.74 Å². The van der Waals surface area contributed by atoms with Crippen LogP contribution in [0.1, 0.15) is 13.3 Å². The van der Waals surface area contributed by atoms with Crippen molar-refractivity contribution in [2.24, 2.45) is 5.92 Å². The highest BCUT2D eigenvalue weighted by Crippen LogP contribution is 2.21. The quantitative estimate of drug-likeness (QED) is 0.619. The molecule has 2 atom stereocenters. The third-order valence-electron chi connectivity index (χ3n) is 3.14. The van der Waals surface area contributed by atoms with Gasteiger partial charge in [-0.3, -0.25) is 9.59 Å². The van der Waals surface area contributed by atoms with E-state index in [1.54, 1.807) is 6.92 Å². The molecule has 0 bridgehead atoms. The largest absolute Gasteiger partial charge is 0.481 e. The number of nitrogens with zero attached hydrogens (tertiary/aromatic N) is 1. The van der Waals surface area contributed by atoms with Crippen LogP contribution in [0, 0.1) is 5.92 Å². The highest BCUT2D eigenvalue weighted by Gasteiger charge is 2.40. The molecule has 1 aliphatic heterocycles. The molecule has 2 unspecified atom stereocenters. The van der Waals surface area contributed by atoms with Gasteiger partial charge in [0.2, 0.25) is 10.0 Å². The van der Waals surface area contributed by atoms with Gasteiger partial charge in [0.15, 0.2) is 0 Å². The van der Waals surface area contributed by atoms with Crippen LogP contribution in [-0.4, -0.2) is 68.4 Å². The number of carbonyl (C=O) groups is 2. The number of ether oxygens (including phenoxy) is 2. The predicted octanol–water partition coefficient (Wildman–Crippen LogP) is -0.699. The number of carbonyl (C=O) groups excluding carboxylic acids is 1. The van der Waals surface area contributed by atoms with Crippen LogP contribution in [0.2, 0.25) is 0 Å². The molecule has 0 amide bonds. The smallest absolute Gasteiger partial charge is 0.310 e. The van der Waals surface area contributed by atoms with Crippen molar-refractivity contribution in [3.8, 4) is 0 Å². The van der Waals surface area contributed by atoms with Crippen LogP contribution in [-0.2, 0) is 29.1 Å². The molecule has 0 radical (unpaired) electrons. The number of sulfonamides is 1. The van der Waals surface area contributed by atoms with Crippen molar-refractivity contribution in [3.63, 3.8) is 0 Å². The number of esters is 1. The maximum Gasteiger partial charge on any atom is 0.310 e. The van der Waals surface area contributed by atoms with E-state index in [1.165, 1.54) is 7.05 Å². The molecule has 1 N–H and O–H groups in total. The second-order valence-electron chi connectivity index (χ2n) is 4.44. The van der Waals surface area contributed by atoms with Gasteiger partial charge in [0, 0.05) is 7.05 Å². The molecule has 1 rings (SSSR count). The van der Waals surface area contributed by atoms with Gasteiger partial charge in [0.25, 0.3) is 0 Å². The van der Waals surface area contributed by atoms with Crippen LogP contribution < -0.4 is 0 Å². The zero-order valence-corrected chi connectivity index (χ0v) is 12.3. The van der Waals surface area contributed by atoms with Gasteiger partial charge in [-0.1, -0.05) is 0 Å². The molecule has 0 saturated carbocycles. The van der Waals surface area contributed by atoms with Crippen LogP contribution in [0.3, 0.4) is 0 Å². The summed E-state index contributed by atoms with van der Waals surface area (Å²) < 4.78 is 34.8. The van der Waals surface area contributed by atoms with E-state index in [-0.39, 0.29) is 26.2 Å². The normalized spacial score (nSPS) is 22.9. The van der Waals surface area contributed by atoms with Gasteiger partial charge < -0.3 is 14.6 Å². The fourth-order valence-corrected chi connectivity index (χ4v) is 3.27. The molecule has 8 nitrogen and oxygen atoms in total. The van der Waals surface area contributed by atoms with Gasteiger partial charge in [0.05, 0.1) is 44.0 Å². The topological polar surface area (TPSA) is 110 Å². The summed E-state index contributed by atoms with van der Waals surface area (Å²) in [4.78, 5) is 22.2. The molecule has 0 aromatic heterocycles. The van der Waals surface area contributed by atoms with Crippen molar-refractivity contribution >= 4 is 22.0 Å². The van der Waals surface area contributed by atoms with Crippen LogP contribution in [0.4, 0.5) is 0 Å². The first kappa shape index (κ1) is 16.9. The number of rotatable bonds is 7. The Hall–Kier alpha value is -1.19. The minimum absolute atomic E-state index is 0.0161. The summed E-state index contributed by atoms with van der Waals surface area (Å²) in [5.74, 6) is -3.00. The fourth-order valence-electron chi connectivity index (χ4n) is 1.93. The molecule has 0 aromatic carbocycles. The van der Waals surface area contributed by atoms with Gasteiger partial charge >= 0.3 is 11.9 Å². The molecule has 20 heavy (non-hydrogen) atoms. The summed E-state index contributed by atoms with van der Waals surface area (Å²) in [7, 11) is -2.43. The maximum absolute atomic E-state index is 12.1. The lowest BCUT2D eigenvalue weighted by Gasteiger charge is -2.25. The highest BCUT2D eigenvalue weighted by molar-refractivity contribution is 7.89. The molecule has 1 fully saturated rings. The van der Waals surface area contributed by atoms with Crippen LogP contribution >= 0.6 is 0 Å². The average molecular weight is 309 g/mol. The van der Waals surface area contributed by atoms with Gasteiger partial charge in [-0.2, -0.15) is 4.31 Å². The van der Waals surface area contributed by atoms with Crippen molar-refractivity contribution in [2.45, 2.75) is 19.4 Å². The summed E-state index contributed by atoms with van der Waals surface area (Å²) in [6.07, 6.45) is -0.258. The molecule has 116 valence electrons. The molecule has 1 aliphatic rings. The van der Waals surface area contributed by atoms with Crippen LogP contribution in [0.5, 0.6) is 0 Å². The SMILES string of the molecule is CCOC(=O)CCS(=O)(=O)N(C)C1COCC1C(=O)O. The van der Waals surface area contributed by atoms with Gasteiger partial charge in [-0.05, 0) is 6.92 Å². The summed E-state index contributed by atoms with van der Waals surface area (Å²) >= 11 is 0. The van der Waals surface area contributed by atoms with E-state index in [1.807, 2.05) is 0 Å². The Morgan fingerprint density at radius 2 is 2.05 bits per heavy atom. The molecule has 9 heteroatoms. The second kappa shape index (κ2) is 7.00. The Labute approximate surface area is 117 Å². The zero-order valence-electron chi connectivity index (χ0n) is 11.4. The lowest BCUT2D eigenvalue weighted by molar-refractivity contribution is -0.143. The number of likely N-dealkylation sites (N-methyl/N-ethyl adjacent to an activating group) is 1. The summed E-state index contributed by atoms with van der Waals surface area (Å²) in [6, 6.07) is -0.750. The lowest BCUT2D eigenvalue weighted by atomic mass is 10.1. The molecule has 1 saturated heterocycles. The zero-order chi connectivity index (χ0) is 15.3. The Morgan fingerprint density at radius 1 is 1.40 bits per heavy atom. The molecule has 0 aliphatic carbocycles. The number of hydrogen-bond donors (Lipinski definition) is 1. The summed E-state index contributed by atoms with van der Waals surface area (Å²) in [6.45, 7) is 1.84. The third-order valence-corrected chi connectivity index (χ3v) is 5.01. The van der Waals surface area contributed by atoms with Crippen molar-refractivity contribution in [1.82, 2.24) is 4.31 Å². The van der Waals surface area contributed by atoms with E-state index in [9.17, 15) is 18.0 Å². The maximum atomic E-state index is 12.1. The van der Waals surface area contributed by atoms with Crippen molar-refractivity contribution in [2.75, 3.05) is 32.6 Å². The fraction of sp³-hybridized carbons (Fsp3) is 0.818. The first-order valence-corrected chi connectivity index (χ1v) is 7.82. The van der Waals surface area contributed by atoms with Crippen molar-refractivity contribution in [1.29, 1.82) is 0 Å². The standard InChI is InChI=1S/C11H19NO7S/c1-3-19-10(13)4-5-20(16,17)12(2)9-7-18-6-8(9)11(14)15/h8-9H,3-7H2,1-2H3,(H,14,15). The number of carboxylic acid groups (broad SMARTS) is 1. The summed E-state index contributed by atoms with van der Waals surface area (Å²) in [5.41, 5.74) is 0. The number of aliphatic carboxylic acids is 1. The number of hydrogen-bond acceptors (Lipinski definition) is 6. The lowest BCUT2D eigenvalue weighted by Crippen LogP contribution is -2.45. The van der Waals surface area contributed by atoms with E-state index in [0.29, 0.717) is 0 Å². The third kappa shape index (κ3) is 4.15. The molecule has 0 aromatic rings. The predicted molar refractivity (Wildman–Crippen MR) is 68.5 cm³/mol. The Morgan fingerprint density at radius 3 is 2.60 bits per heavy atom. The second-order valence-corrected chi connectivity index (χ2v) is 6.58. The van der Waals surface area contributed by atoms with E-state index in [4.69, 9.17) is 9.84 Å². The van der Waals surface area contributed by atoms with Crippen molar-refractivity contribution in [3.05, 3.63) is 0 Å². The van der Waals surface area contributed by atoms with Gasteiger partial charge in [0.1, 0.15) is 0 Å².